The lowest BCUT2D eigenvalue weighted by Crippen LogP contribution is -2.07. The van der Waals surface area contributed by atoms with Crippen molar-refractivity contribution in [2.45, 2.75) is 21.6 Å². The predicted octanol–water partition coefficient (Wildman–Crippen LogP) is 5.95. The van der Waals surface area contributed by atoms with E-state index in [0.717, 1.165) is 23.6 Å². The van der Waals surface area contributed by atoms with Crippen molar-refractivity contribution < 1.29 is 39.2 Å². The second-order valence-electron chi connectivity index (χ2n) is 10.1. The minimum Gasteiger partial charge on any atom is -0.324 e. The number of halogens is 1. The van der Waals surface area contributed by atoms with E-state index in [0.29, 0.717) is 11.4 Å². The van der Waals surface area contributed by atoms with Crippen LogP contribution in [-0.4, -0.2) is 55.2 Å². The summed E-state index contributed by atoms with van der Waals surface area (Å²) in [5.74, 6) is -0.501. The van der Waals surface area contributed by atoms with Crippen LogP contribution in [0.5, 0.6) is 0 Å². The molecule has 0 spiro atoms. The van der Waals surface area contributed by atoms with Gasteiger partial charge in [0.15, 0.2) is 9.84 Å². The van der Waals surface area contributed by atoms with Gasteiger partial charge in [0.2, 0.25) is 23.1 Å². The number of azo groups is 1. The van der Waals surface area contributed by atoms with Crippen molar-refractivity contribution in [3.8, 4) is 0 Å². The van der Waals surface area contributed by atoms with Gasteiger partial charge in [-0.3, -0.25) is 13.9 Å². The predicted molar refractivity (Wildman–Crippen MR) is 184 cm³/mol. The third-order valence-electron chi connectivity index (χ3n) is 6.56. The van der Waals surface area contributed by atoms with Crippen LogP contribution >= 0.6 is 11.6 Å². The van der Waals surface area contributed by atoms with Gasteiger partial charge in [-0.15, -0.1) is 5.11 Å². The third-order valence-corrected chi connectivity index (χ3v) is 9.90. The maximum absolute atomic E-state index is 12.2. The number of nitrogens with zero attached hydrogens (tertiary/aromatic N) is 5. The summed E-state index contributed by atoms with van der Waals surface area (Å²) in [6.45, 7) is 4.53. The Balaban J connectivity index is 1.46. The minimum atomic E-state index is -4.89. The van der Waals surface area contributed by atoms with E-state index in [1.807, 2.05) is 0 Å². The number of amides is 1. The highest BCUT2D eigenvalue weighted by molar-refractivity contribution is 7.94. The smallest absolute Gasteiger partial charge is 0.295 e. The van der Waals surface area contributed by atoms with Crippen molar-refractivity contribution in [1.82, 2.24) is 15.0 Å². The van der Waals surface area contributed by atoms with E-state index in [-0.39, 0.29) is 49.9 Å². The van der Waals surface area contributed by atoms with E-state index in [2.05, 4.69) is 47.7 Å². The monoisotopic (exact) mass is 758 g/mol. The molecule has 0 fully saturated rings. The Kier molecular flexibility index (Phi) is 9.95. The average molecular weight is 759 g/mol. The number of carbonyl (C=O) groups is 1. The van der Waals surface area contributed by atoms with Gasteiger partial charge in [0.05, 0.1) is 16.3 Å². The van der Waals surface area contributed by atoms with E-state index >= 15 is 0 Å². The number of aromatic nitrogens is 3. The summed E-state index contributed by atoms with van der Waals surface area (Å²) in [7, 11) is -13.3. The van der Waals surface area contributed by atoms with Crippen LogP contribution in [0.3, 0.4) is 0 Å². The van der Waals surface area contributed by atoms with Gasteiger partial charge in [0.25, 0.3) is 20.2 Å². The van der Waals surface area contributed by atoms with Gasteiger partial charge in [-0.25, -0.2) is 8.42 Å². The molecule has 5 N–H and O–H groups in total. The Hall–Kier alpha value is -5.38. The van der Waals surface area contributed by atoms with Crippen molar-refractivity contribution in [2.24, 2.45) is 10.2 Å². The lowest BCUT2D eigenvalue weighted by Gasteiger charge is -2.12. The molecule has 258 valence electrons. The average Bonchev–Trinajstić information content (AvgIpc) is 3.02. The molecule has 0 atom stereocenters. The number of hydrogen-bond acceptors (Lipinski definition) is 14. The second kappa shape index (κ2) is 13.9. The minimum absolute atomic E-state index is 0.0103. The molecule has 0 saturated carbocycles. The molecule has 50 heavy (non-hydrogen) atoms. The first-order valence-electron chi connectivity index (χ1n) is 13.7. The number of carbonyl (C=O) groups excluding carboxylic acids is 1. The normalized spacial score (nSPS) is 12.2. The largest absolute Gasteiger partial charge is 0.324 e. The van der Waals surface area contributed by atoms with Crippen molar-refractivity contribution >= 4 is 98.7 Å². The van der Waals surface area contributed by atoms with Crippen molar-refractivity contribution in [3.05, 3.63) is 90.1 Å². The quantitative estimate of drug-likeness (QED) is 0.0770. The molecule has 5 aromatic rings. The Morgan fingerprint density at radius 3 is 2.00 bits per heavy atom. The zero-order chi connectivity index (χ0) is 36.4. The number of sulfone groups is 1. The second-order valence-corrected chi connectivity index (χ2v) is 15.1. The maximum Gasteiger partial charge on any atom is 0.295 e. The highest BCUT2D eigenvalue weighted by Gasteiger charge is 2.21. The molecule has 17 nitrogen and oxygen atoms in total. The molecule has 0 unspecified atom stereocenters. The summed E-state index contributed by atoms with van der Waals surface area (Å²) < 4.78 is 91.7. The van der Waals surface area contributed by atoms with Crippen LogP contribution in [0.4, 0.5) is 40.3 Å². The van der Waals surface area contributed by atoms with Crippen LogP contribution < -0.4 is 16.0 Å². The number of hydrogen-bond donors (Lipinski definition) is 5. The summed E-state index contributed by atoms with van der Waals surface area (Å²) in [5.41, 5.74) is 0.744. The van der Waals surface area contributed by atoms with Gasteiger partial charge in [0.1, 0.15) is 15.5 Å². The highest BCUT2D eigenvalue weighted by atomic mass is 35.5. The van der Waals surface area contributed by atoms with E-state index in [4.69, 9.17) is 11.6 Å². The SMILES string of the molecule is C=CS(=O)(=O)c1ccc(Nc2nc(Cl)nc(Nc3ccc(/N=N/c4cc(S(=O)(=O)O)c5cccc(S(=O)(=O)O)c5c4)c(NC(C)=O)c3)n2)cc1. The standard InChI is InChI=1S/C29H23ClN8O9S3/c1-3-48(40,41)20-10-7-17(8-11-20)32-28-34-27(30)35-29(36-28)33-18-9-12-23(24(14-18)31-16(2)39)38-37-19-13-22-21(26(15-19)50(45,46)47)5-4-6-25(22)49(42,43)44/h3-15H,1H2,2H3,(H,31,39)(H,42,43,44)(H,45,46,47)(H2,32,33,34,35,36)/b38-37+. The van der Waals surface area contributed by atoms with Gasteiger partial charge in [-0.2, -0.15) is 36.9 Å². The molecule has 4 aromatic carbocycles. The molecule has 0 aliphatic rings. The van der Waals surface area contributed by atoms with Crippen molar-refractivity contribution in [2.75, 3.05) is 16.0 Å². The van der Waals surface area contributed by atoms with Gasteiger partial charge < -0.3 is 16.0 Å². The number of rotatable bonds is 11. The first-order chi connectivity index (χ1) is 23.4. The zero-order valence-corrected chi connectivity index (χ0v) is 28.5. The molecule has 0 aliphatic carbocycles. The Morgan fingerprint density at radius 2 is 1.40 bits per heavy atom. The fraction of sp³-hybridized carbons (Fsp3) is 0.0345. The Labute approximate surface area is 289 Å². The van der Waals surface area contributed by atoms with E-state index in [9.17, 15) is 39.2 Å². The van der Waals surface area contributed by atoms with Gasteiger partial charge in [0, 0.05) is 34.5 Å². The molecule has 1 amide bonds. The van der Waals surface area contributed by atoms with Gasteiger partial charge in [-0.05, 0) is 72.3 Å². The first kappa shape index (κ1) is 35.9. The fourth-order valence-electron chi connectivity index (χ4n) is 4.45. The highest BCUT2D eigenvalue weighted by Crippen LogP contribution is 2.35. The molecular formula is C29H23ClN8O9S3. The van der Waals surface area contributed by atoms with E-state index in [1.165, 1.54) is 61.5 Å². The van der Waals surface area contributed by atoms with E-state index < -0.39 is 45.8 Å². The maximum atomic E-state index is 12.2. The summed E-state index contributed by atoms with van der Waals surface area (Å²) in [6.07, 6.45) is 0. The zero-order valence-electron chi connectivity index (χ0n) is 25.3. The van der Waals surface area contributed by atoms with Crippen LogP contribution in [0.2, 0.25) is 5.28 Å². The lowest BCUT2D eigenvalue weighted by atomic mass is 10.1. The number of benzene rings is 4. The summed E-state index contributed by atoms with van der Waals surface area (Å²) in [6, 6.07) is 15.7. The van der Waals surface area contributed by atoms with Crippen molar-refractivity contribution in [3.63, 3.8) is 0 Å². The topological polar surface area (TPSA) is 259 Å². The third kappa shape index (κ3) is 8.42. The number of fused-ring (bicyclic) bond motifs is 1. The summed E-state index contributed by atoms with van der Waals surface area (Å²) in [5, 5.41) is 16.7. The fourth-order valence-corrected chi connectivity index (χ4v) is 6.74. The van der Waals surface area contributed by atoms with Crippen LogP contribution in [0.25, 0.3) is 10.8 Å². The number of nitrogens with one attached hydrogen (secondary N) is 3. The summed E-state index contributed by atoms with van der Waals surface area (Å²) >= 11 is 6.10. The molecule has 5 rings (SSSR count). The van der Waals surface area contributed by atoms with Crippen LogP contribution in [0.1, 0.15) is 6.92 Å². The molecular weight excluding hydrogens is 736 g/mol. The Morgan fingerprint density at radius 1 is 0.780 bits per heavy atom. The molecule has 0 saturated heterocycles. The molecule has 0 radical (unpaired) electrons. The summed E-state index contributed by atoms with van der Waals surface area (Å²) in [4.78, 5) is 23.1. The molecule has 0 bridgehead atoms. The molecule has 0 aliphatic heterocycles. The first-order valence-corrected chi connectivity index (χ1v) is 18.5. The van der Waals surface area contributed by atoms with Gasteiger partial charge >= 0.3 is 0 Å². The van der Waals surface area contributed by atoms with Crippen molar-refractivity contribution in [1.29, 1.82) is 0 Å². The molecule has 1 aromatic heterocycles. The lowest BCUT2D eigenvalue weighted by molar-refractivity contribution is -0.114. The molecule has 1 heterocycles. The van der Waals surface area contributed by atoms with Crippen LogP contribution in [-0.2, 0) is 34.9 Å². The van der Waals surface area contributed by atoms with Gasteiger partial charge in [-0.1, -0.05) is 18.7 Å². The molecule has 21 heteroatoms. The number of anilines is 5. The Bertz CT molecular complexity index is 2550. The van der Waals surface area contributed by atoms with Crippen LogP contribution in [0.15, 0.2) is 110 Å². The van der Waals surface area contributed by atoms with E-state index in [1.54, 1.807) is 0 Å². The van der Waals surface area contributed by atoms with Crippen LogP contribution in [0, 0.1) is 0 Å².